The lowest BCUT2D eigenvalue weighted by Gasteiger charge is -2.33. The third kappa shape index (κ3) is 6.00. The van der Waals surface area contributed by atoms with Gasteiger partial charge in [-0.2, -0.15) is 5.26 Å². The van der Waals surface area contributed by atoms with Crippen LogP contribution in [0.3, 0.4) is 0 Å². The molecule has 1 heterocycles. The number of hydrogen-bond donors (Lipinski definition) is 0. The van der Waals surface area contributed by atoms with Gasteiger partial charge in [0.1, 0.15) is 17.7 Å². The number of aliphatic imine (C=N–C) groups is 1. The van der Waals surface area contributed by atoms with Gasteiger partial charge in [-0.05, 0) is 72.9 Å². The standard InChI is InChI=1S/C29H31N3O4S/c1-5-35-26-14-19(10-13-25(26)36-18-20-8-6-7-9-24(20)32(33)34)17-31-28-23(16-30)22-12-11-21(29(2,3)4)15-27(22)37-28/h6-10,13-14,17,21H,5,11-12,15,18H2,1-4H3/t21-/m1/s1. The van der Waals surface area contributed by atoms with Gasteiger partial charge in [-0.25, -0.2) is 4.99 Å². The minimum atomic E-state index is -0.414. The van der Waals surface area contributed by atoms with Gasteiger partial charge in [0.25, 0.3) is 5.69 Å². The van der Waals surface area contributed by atoms with Gasteiger partial charge in [0.2, 0.25) is 0 Å². The Hall–Kier alpha value is -3.70. The molecule has 1 aliphatic rings. The van der Waals surface area contributed by atoms with Crippen LogP contribution in [0.2, 0.25) is 0 Å². The number of nitriles is 1. The SMILES string of the molecule is CCOc1cc(C=Nc2sc3c(c2C#N)CC[C@@H](C(C)(C)C)C3)ccc1OCc1ccccc1[N+](=O)[O-]. The molecule has 1 aromatic heterocycles. The van der Waals surface area contributed by atoms with Crippen LogP contribution in [0.25, 0.3) is 0 Å². The van der Waals surface area contributed by atoms with Gasteiger partial charge in [0, 0.05) is 17.2 Å². The summed E-state index contributed by atoms with van der Waals surface area (Å²) < 4.78 is 11.7. The van der Waals surface area contributed by atoms with Crippen LogP contribution < -0.4 is 9.47 Å². The maximum absolute atomic E-state index is 11.3. The third-order valence-corrected chi connectivity index (χ3v) is 7.92. The number of nitrogens with zero attached hydrogens (tertiary/aromatic N) is 3. The zero-order chi connectivity index (χ0) is 26.6. The second kappa shape index (κ2) is 11.1. The normalized spacial score (nSPS) is 15.3. The topological polar surface area (TPSA) is 97.8 Å². The second-order valence-corrected chi connectivity index (χ2v) is 11.3. The fourth-order valence-electron chi connectivity index (χ4n) is 4.61. The molecule has 0 radical (unpaired) electrons. The van der Waals surface area contributed by atoms with Crippen LogP contribution in [0.4, 0.5) is 10.7 Å². The van der Waals surface area contributed by atoms with Crippen LogP contribution in [0.5, 0.6) is 11.5 Å². The number of fused-ring (bicyclic) bond motifs is 1. The van der Waals surface area contributed by atoms with Gasteiger partial charge >= 0.3 is 0 Å². The number of nitro benzene ring substituents is 1. The summed E-state index contributed by atoms with van der Waals surface area (Å²) in [7, 11) is 0. The molecule has 0 aliphatic heterocycles. The number of nitro groups is 1. The fraction of sp³-hybridized carbons (Fsp3) is 0.379. The Morgan fingerprint density at radius 3 is 2.70 bits per heavy atom. The first-order valence-electron chi connectivity index (χ1n) is 12.4. The fourth-order valence-corrected chi connectivity index (χ4v) is 5.83. The van der Waals surface area contributed by atoms with Crippen molar-refractivity contribution < 1.29 is 14.4 Å². The van der Waals surface area contributed by atoms with E-state index in [1.165, 1.54) is 10.9 Å². The Bertz CT molecular complexity index is 1360. The Morgan fingerprint density at radius 2 is 2.00 bits per heavy atom. The molecular formula is C29H31N3O4S. The van der Waals surface area contributed by atoms with Crippen molar-refractivity contribution in [1.82, 2.24) is 0 Å². The predicted octanol–water partition coefficient (Wildman–Crippen LogP) is 7.41. The van der Waals surface area contributed by atoms with Gasteiger partial charge in [-0.3, -0.25) is 10.1 Å². The largest absolute Gasteiger partial charge is 0.490 e. The summed E-state index contributed by atoms with van der Waals surface area (Å²) in [5.41, 5.74) is 3.41. The molecule has 3 aromatic rings. The molecule has 0 spiro atoms. The van der Waals surface area contributed by atoms with E-state index in [0.717, 1.165) is 35.4 Å². The first kappa shape index (κ1) is 26.4. The predicted molar refractivity (Wildman–Crippen MR) is 146 cm³/mol. The molecule has 2 aromatic carbocycles. The van der Waals surface area contributed by atoms with Gasteiger partial charge in [-0.1, -0.05) is 32.9 Å². The monoisotopic (exact) mass is 517 g/mol. The third-order valence-electron chi connectivity index (χ3n) is 6.75. The minimum absolute atomic E-state index is 0.0185. The van der Waals surface area contributed by atoms with E-state index in [4.69, 9.17) is 14.5 Å². The van der Waals surface area contributed by atoms with Crippen LogP contribution in [-0.2, 0) is 19.4 Å². The van der Waals surface area contributed by atoms with Crippen molar-refractivity contribution in [2.24, 2.45) is 16.3 Å². The van der Waals surface area contributed by atoms with Crippen molar-refractivity contribution in [2.75, 3.05) is 6.61 Å². The van der Waals surface area contributed by atoms with Gasteiger partial charge in [0.15, 0.2) is 11.5 Å². The zero-order valence-corrected chi connectivity index (χ0v) is 22.4. The van der Waals surface area contributed by atoms with Crippen molar-refractivity contribution >= 4 is 28.2 Å². The van der Waals surface area contributed by atoms with Crippen molar-refractivity contribution in [1.29, 1.82) is 5.26 Å². The number of benzene rings is 2. The average Bonchev–Trinajstić information content (AvgIpc) is 3.23. The molecule has 37 heavy (non-hydrogen) atoms. The molecule has 8 heteroatoms. The van der Waals surface area contributed by atoms with Crippen molar-refractivity contribution in [3.8, 4) is 17.6 Å². The molecule has 192 valence electrons. The van der Waals surface area contributed by atoms with Crippen molar-refractivity contribution in [2.45, 2.75) is 53.6 Å². The molecule has 1 atom stereocenters. The smallest absolute Gasteiger partial charge is 0.276 e. The van der Waals surface area contributed by atoms with Gasteiger partial charge < -0.3 is 9.47 Å². The minimum Gasteiger partial charge on any atom is -0.490 e. The molecule has 0 amide bonds. The summed E-state index contributed by atoms with van der Waals surface area (Å²) in [5, 5.41) is 21.9. The first-order valence-corrected chi connectivity index (χ1v) is 13.2. The Labute approximate surface area is 221 Å². The summed E-state index contributed by atoms with van der Waals surface area (Å²) in [6, 6.07) is 14.4. The summed E-state index contributed by atoms with van der Waals surface area (Å²) in [6.07, 6.45) is 4.75. The van der Waals surface area contributed by atoms with E-state index in [2.05, 4.69) is 26.8 Å². The molecule has 7 nitrogen and oxygen atoms in total. The molecule has 0 N–H and O–H groups in total. The highest BCUT2D eigenvalue weighted by molar-refractivity contribution is 7.16. The summed E-state index contributed by atoms with van der Waals surface area (Å²) >= 11 is 1.62. The number of hydrogen-bond acceptors (Lipinski definition) is 7. The summed E-state index contributed by atoms with van der Waals surface area (Å²) in [6.45, 7) is 9.22. The van der Waals surface area contributed by atoms with Crippen LogP contribution in [0.1, 0.15) is 61.2 Å². The number of thiophene rings is 1. The van der Waals surface area contributed by atoms with E-state index in [9.17, 15) is 15.4 Å². The molecule has 0 unspecified atom stereocenters. The Balaban J connectivity index is 1.55. The lowest BCUT2D eigenvalue weighted by Crippen LogP contribution is -2.26. The molecule has 0 bridgehead atoms. The van der Waals surface area contributed by atoms with Crippen LogP contribution in [0.15, 0.2) is 47.5 Å². The van der Waals surface area contributed by atoms with E-state index >= 15 is 0 Å². The lowest BCUT2D eigenvalue weighted by molar-refractivity contribution is -0.385. The number of ether oxygens (including phenoxy) is 2. The Kier molecular flexibility index (Phi) is 7.94. The maximum Gasteiger partial charge on any atom is 0.276 e. The molecule has 1 aliphatic carbocycles. The van der Waals surface area contributed by atoms with Crippen molar-refractivity contribution in [3.05, 3.63) is 79.7 Å². The Morgan fingerprint density at radius 1 is 1.22 bits per heavy atom. The summed E-state index contributed by atoms with van der Waals surface area (Å²) in [5.74, 6) is 1.62. The molecule has 0 fully saturated rings. The molecular weight excluding hydrogens is 486 g/mol. The highest BCUT2D eigenvalue weighted by Gasteiger charge is 2.32. The molecule has 0 saturated carbocycles. The number of para-hydroxylation sites is 1. The van der Waals surface area contributed by atoms with Crippen molar-refractivity contribution in [3.63, 3.8) is 0 Å². The van der Waals surface area contributed by atoms with E-state index in [1.807, 2.05) is 19.1 Å². The van der Waals surface area contributed by atoms with E-state index in [0.29, 0.717) is 35.2 Å². The first-order chi connectivity index (χ1) is 17.7. The summed E-state index contributed by atoms with van der Waals surface area (Å²) in [4.78, 5) is 16.9. The van der Waals surface area contributed by atoms with Gasteiger partial charge in [0.05, 0.1) is 22.7 Å². The van der Waals surface area contributed by atoms with Crippen LogP contribution in [0, 0.1) is 32.8 Å². The zero-order valence-electron chi connectivity index (χ0n) is 21.6. The van der Waals surface area contributed by atoms with Crippen LogP contribution in [-0.4, -0.2) is 17.7 Å². The van der Waals surface area contributed by atoms with E-state index in [-0.39, 0.29) is 17.7 Å². The molecule has 4 rings (SSSR count). The maximum atomic E-state index is 11.3. The highest BCUT2D eigenvalue weighted by Crippen LogP contribution is 2.45. The van der Waals surface area contributed by atoms with E-state index < -0.39 is 4.92 Å². The van der Waals surface area contributed by atoms with Crippen LogP contribution >= 0.6 is 11.3 Å². The molecule has 0 saturated heterocycles. The second-order valence-electron chi connectivity index (χ2n) is 10.2. The quantitative estimate of drug-likeness (QED) is 0.176. The average molecular weight is 518 g/mol. The number of rotatable bonds is 8. The van der Waals surface area contributed by atoms with E-state index in [1.54, 1.807) is 41.8 Å². The lowest BCUT2D eigenvalue weighted by atomic mass is 9.72. The van der Waals surface area contributed by atoms with Gasteiger partial charge in [-0.15, -0.1) is 11.3 Å². The highest BCUT2D eigenvalue weighted by atomic mass is 32.1.